The quantitative estimate of drug-likeness (QED) is 0.662. The molecule has 0 spiro atoms. The number of anilines is 1. The van der Waals surface area contributed by atoms with Crippen LogP contribution in [0.2, 0.25) is 0 Å². The molecule has 3 rings (SSSR count). The minimum absolute atomic E-state index is 0.0706. The summed E-state index contributed by atoms with van der Waals surface area (Å²) in [5.74, 6) is 0.136. The summed E-state index contributed by atoms with van der Waals surface area (Å²) in [6.07, 6.45) is 3.83. The molecule has 0 saturated heterocycles. The zero-order valence-corrected chi connectivity index (χ0v) is 17.8. The van der Waals surface area contributed by atoms with Crippen LogP contribution in [0.3, 0.4) is 0 Å². The van der Waals surface area contributed by atoms with E-state index in [0.717, 1.165) is 25.7 Å². The third-order valence-corrected chi connectivity index (χ3v) is 6.51. The van der Waals surface area contributed by atoms with Gasteiger partial charge in [0.15, 0.2) is 0 Å². The number of amides is 1. The number of aryl methyl sites for hydroxylation is 2. The lowest BCUT2D eigenvalue weighted by Gasteiger charge is -2.16. The number of nitriles is 1. The van der Waals surface area contributed by atoms with Crippen LogP contribution < -0.4 is 14.8 Å². The molecule has 1 aliphatic rings. The average Bonchev–Trinajstić information content (AvgIpc) is 3.34. The fraction of sp³-hybridized carbons (Fsp3) is 0.450. The Hall–Kier alpha value is -2.90. The van der Waals surface area contributed by atoms with Gasteiger partial charge in [0, 0.05) is 17.7 Å². The monoisotopic (exact) mass is 431 g/mol. The average molecular weight is 432 g/mol. The van der Waals surface area contributed by atoms with E-state index >= 15 is 0 Å². The van der Waals surface area contributed by atoms with Crippen LogP contribution in [-0.2, 0) is 16.6 Å². The van der Waals surface area contributed by atoms with E-state index < -0.39 is 15.9 Å². The lowest BCUT2D eigenvalue weighted by molar-refractivity contribution is 0.102. The molecule has 1 fully saturated rings. The summed E-state index contributed by atoms with van der Waals surface area (Å²) >= 11 is 0. The normalized spacial score (nSPS) is 14.4. The Morgan fingerprint density at radius 3 is 2.73 bits per heavy atom. The standard InChI is InChI=1S/C20H25N5O4S/c1-14-12-19(25(23-14)11-5-10-21)22-20(26)15-8-9-17(29-2)18(13-15)30(27,28)24-16-6-3-4-7-16/h8-9,12-13,16,24H,3-7,11H2,1-2H3,(H,22,26). The highest BCUT2D eigenvalue weighted by Crippen LogP contribution is 2.27. The number of benzene rings is 1. The van der Waals surface area contributed by atoms with Gasteiger partial charge in [-0.1, -0.05) is 12.8 Å². The van der Waals surface area contributed by atoms with Crippen LogP contribution in [0.1, 0.15) is 48.2 Å². The lowest BCUT2D eigenvalue weighted by atomic mass is 10.2. The predicted molar refractivity (Wildman–Crippen MR) is 111 cm³/mol. The number of sulfonamides is 1. The third kappa shape index (κ3) is 4.98. The molecule has 0 unspecified atom stereocenters. The number of carbonyl (C=O) groups excluding carboxylic acids is 1. The van der Waals surface area contributed by atoms with Crippen molar-refractivity contribution in [2.75, 3.05) is 12.4 Å². The highest BCUT2D eigenvalue weighted by Gasteiger charge is 2.26. The zero-order chi connectivity index (χ0) is 21.7. The fourth-order valence-electron chi connectivity index (χ4n) is 3.52. The van der Waals surface area contributed by atoms with Crippen molar-refractivity contribution in [1.82, 2.24) is 14.5 Å². The van der Waals surface area contributed by atoms with Gasteiger partial charge in [0.05, 0.1) is 31.8 Å². The highest BCUT2D eigenvalue weighted by atomic mass is 32.2. The first kappa shape index (κ1) is 21.8. The van der Waals surface area contributed by atoms with Gasteiger partial charge in [-0.15, -0.1) is 0 Å². The molecule has 0 bridgehead atoms. The van der Waals surface area contributed by atoms with E-state index in [1.807, 2.05) is 6.07 Å². The topological polar surface area (TPSA) is 126 Å². The second-order valence-corrected chi connectivity index (χ2v) is 8.91. The Balaban J connectivity index is 1.85. The molecule has 0 aliphatic heterocycles. The summed E-state index contributed by atoms with van der Waals surface area (Å²) in [7, 11) is -2.45. The zero-order valence-electron chi connectivity index (χ0n) is 17.0. The molecule has 1 aromatic heterocycles. The maximum Gasteiger partial charge on any atom is 0.256 e. The van der Waals surface area contributed by atoms with Gasteiger partial charge in [-0.05, 0) is 38.0 Å². The molecule has 1 saturated carbocycles. The summed E-state index contributed by atoms with van der Waals surface area (Å²) in [6, 6.07) is 7.92. The van der Waals surface area contributed by atoms with E-state index in [4.69, 9.17) is 10.00 Å². The molecule has 0 atom stereocenters. The van der Waals surface area contributed by atoms with Crippen molar-refractivity contribution < 1.29 is 17.9 Å². The second kappa shape index (κ2) is 9.28. The highest BCUT2D eigenvalue weighted by molar-refractivity contribution is 7.89. The van der Waals surface area contributed by atoms with Gasteiger partial charge in [-0.25, -0.2) is 17.8 Å². The van der Waals surface area contributed by atoms with Crippen molar-refractivity contribution in [2.24, 2.45) is 0 Å². The number of methoxy groups -OCH3 is 1. The molecule has 9 nitrogen and oxygen atoms in total. The largest absolute Gasteiger partial charge is 0.495 e. The van der Waals surface area contributed by atoms with E-state index in [2.05, 4.69) is 15.1 Å². The SMILES string of the molecule is COc1ccc(C(=O)Nc2cc(C)nn2CCC#N)cc1S(=O)(=O)NC1CCCC1. The molecule has 1 heterocycles. The van der Waals surface area contributed by atoms with Gasteiger partial charge in [-0.2, -0.15) is 10.4 Å². The van der Waals surface area contributed by atoms with Crippen LogP contribution >= 0.6 is 0 Å². The number of rotatable bonds is 8. The molecular formula is C20H25N5O4S. The predicted octanol–water partition coefficient (Wildman–Crippen LogP) is 2.59. The smallest absolute Gasteiger partial charge is 0.256 e. The maximum atomic E-state index is 12.9. The second-order valence-electron chi connectivity index (χ2n) is 7.22. The summed E-state index contributed by atoms with van der Waals surface area (Å²) in [6.45, 7) is 2.12. The van der Waals surface area contributed by atoms with Crippen molar-refractivity contribution in [2.45, 2.75) is 56.5 Å². The van der Waals surface area contributed by atoms with E-state index in [-0.39, 0.29) is 28.7 Å². The Morgan fingerprint density at radius 1 is 1.33 bits per heavy atom. The first-order chi connectivity index (χ1) is 14.3. The molecular weight excluding hydrogens is 406 g/mol. The first-order valence-electron chi connectivity index (χ1n) is 9.77. The van der Waals surface area contributed by atoms with Crippen LogP contribution in [0, 0.1) is 18.3 Å². The van der Waals surface area contributed by atoms with Crippen LogP contribution in [0.5, 0.6) is 5.75 Å². The molecule has 1 amide bonds. The van der Waals surface area contributed by atoms with Gasteiger partial charge in [-0.3, -0.25) is 4.79 Å². The Morgan fingerprint density at radius 2 is 2.07 bits per heavy atom. The number of hydrogen-bond donors (Lipinski definition) is 2. The first-order valence-corrected chi connectivity index (χ1v) is 11.3. The van der Waals surface area contributed by atoms with Crippen molar-refractivity contribution in [1.29, 1.82) is 5.26 Å². The van der Waals surface area contributed by atoms with E-state index in [1.54, 1.807) is 17.7 Å². The van der Waals surface area contributed by atoms with Crippen LogP contribution in [0.4, 0.5) is 5.82 Å². The minimum Gasteiger partial charge on any atom is -0.495 e. The van der Waals surface area contributed by atoms with Gasteiger partial charge >= 0.3 is 0 Å². The van der Waals surface area contributed by atoms with Gasteiger partial charge in [0.2, 0.25) is 10.0 Å². The minimum atomic E-state index is -3.84. The third-order valence-electron chi connectivity index (χ3n) is 4.97. The van der Waals surface area contributed by atoms with Crippen LogP contribution in [0.15, 0.2) is 29.2 Å². The lowest BCUT2D eigenvalue weighted by Crippen LogP contribution is -2.33. The summed E-state index contributed by atoms with van der Waals surface area (Å²) in [5.41, 5.74) is 0.871. The number of aromatic nitrogens is 2. The van der Waals surface area contributed by atoms with E-state index in [0.29, 0.717) is 18.1 Å². The van der Waals surface area contributed by atoms with Gasteiger partial charge in [0.25, 0.3) is 5.91 Å². The summed E-state index contributed by atoms with van der Waals surface area (Å²) < 4.78 is 35.3. The fourth-order valence-corrected chi connectivity index (χ4v) is 5.02. The Bertz CT molecular complexity index is 1070. The van der Waals surface area contributed by atoms with Crippen molar-refractivity contribution >= 4 is 21.7 Å². The Kier molecular flexibility index (Phi) is 6.74. The number of nitrogens with one attached hydrogen (secondary N) is 2. The molecule has 2 aromatic rings. The molecule has 0 radical (unpaired) electrons. The van der Waals surface area contributed by atoms with Crippen LogP contribution in [-0.4, -0.2) is 37.3 Å². The number of carbonyl (C=O) groups is 1. The molecule has 2 N–H and O–H groups in total. The van der Waals surface area contributed by atoms with Crippen molar-refractivity contribution in [3.05, 3.63) is 35.5 Å². The van der Waals surface area contributed by atoms with E-state index in [1.165, 1.54) is 25.3 Å². The molecule has 10 heteroatoms. The molecule has 30 heavy (non-hydrogen) atoms. The van der Waals surface area contributed by atoms with E-state index in [9.17, 15) is 13.2 Å². The summed E-state index contributed by atoms with van der Waals surface area (Å²) in [4.78, 5) is 12.7. The van der Waals surface area contributed by atoms with Crippen molar-refractivity contribution in [3.63, 3.8) is 0 Å². The Labute approximate surface area is 176 Å². The number of ether oxygens (including phenoxy) is 1. The van der Waals surface area contributed by atoms with Crippen LogP contribution in [0.25, 0.3) is 0 Å². The van der Waals surface area contributed by atoms with Crippen molar-refractivity contribution in [3.8, 4) is 11.8 Å². The number of hydrogen-bond acceptors (Lipinski definition) is 6. The number of nitrogens with zero attached hydrogens (tertiary/aromatic N) is 3. The van der Waals surface area contributed by atoms with Gasteiger partial charge < -0.3 is 10.1 Å². The summed E-state index contributed by atoms with van der Waals surface area (Å²) in [5, 5.41) is 15.8. The molecule has 1 aromatic carbocycles. The molecule has 1 aliphatic carbocycles. The molecule has 160 valence electrons. The van der Waals surface area contributed by atoms with Gasteiger partial charge in [0.1, 0.15) is 16.5 Å². The maximum absolute atomic E-state index is 12.9.